The van der Waals surface area contributed by atoms with Crippen LogP contribution < -0.4 is 15.5 Å². The smallest absolute Gasteiger partial charge is 0.191 e. The van der Waals surface area contributed by atoms with Gasteiger partial charge in [-0.25, -0.2) is 0 Å². The minimum Gasteiger partial charge on any atom is -0.385 e. The third kappa shape index (κ3) is 5.77. The van der Waals surface area contributed by atoms with Gasteiger partial charge in [-0.2, -0.15) is 0 Å². The molecule has 7 heteroatoms. The fourth-order valence-electron chi connectivity index (χ4n) is 4.24. The molecule has 0 unspecified atom stereocenters. The van der Waals surface area contributed by atoms with Crippen LogP contribution in [-0.4, -0.2) is 71.4 Å². The average Bonchev–Trinajstić information content (AvgIpc) is 2.70. The Morgan fingerprint density at radius 2 is 1.97 bits per heavy atom. The number of ether oxygens (including phenoxy) is 1. The number of aliphatic imine (C=N–C) groups is 1. The normalized spacial score (nSPS) is 19.7. The van der Waals surface area contributed by atoms with E-state index in [1.54, 1.807) is 7.11 Å². The minimum atomic E-state index is 0.350. The van der Waals surface area contributed by atoms with Crippen LogP contribution >= 0.6 is 11.6 Å². The van der Waals surface area contributed by atoms with Gasteiger partial charge in [-0.1, -0.05) is 24.1 Å². The zero-order valence-electron chi connectivity index (χ0n) is 18.1. The zero-order valence-corrected chi connectivity index (χ0v) is 18.9. The van der Waals surface area contributed by atoms with Gasteiger partial charge in [0.15, 0.2) is 5.96 Å². The second-order valence-corrected chi connectivity index (χ2v) is 8.81. The number of methoxy groups -OCH3 is 1. The monoisotopic (exact) mass is 421 g/mol. The molecule has 29 heavy (non-hydrogen) atoms. The van der Waals surface area contributed by atoms with E-state index >= 15 is 0 Å². The molecule has 3 rings (SSSR count). The van der Waals surface area contributed by atoms with E-state index in [-0.39, 0.29) is 0 Å². The standard InChI is InChI=1S/C22H36ClN5O/c1-24-21(26-17-22(8-5-9-22)10-15-29-3)25-16-18-19(23)6-4-7-20(18)28-13-11-27(2)12-14-28/h4,6-7H,5,8-17H2,1-3H3,(H2,24,25,26). The van der Waals surface area contributed by atoms with Crippen LogP contribution in [0.1, 0.15) is 31.2 Å². The zero-order chi connectivity index (χ0) is 20.7. The van der Waals surface area contributed by atoms with Gasteiger partial charge in [0.2, 0.25) is 0 Å². The van der Waals surface area contributed by atoms with Gasteiger partial charge in [-0.15, -0.1) is 0 Å². The summed E-state index contributed by atoms with van der Waals surface area (Å²) in [5.41, 5.74) is 2.71. The number of hydrogen-bond donors (Lipinski definition) is 2. The van der Waals surface area contributed by atoms with E-state index in [1.807, 2.05) is 19.2 Å². The molecule has 1 saturated carbocycles. The molecule has 0 aromatic heterocycles. The van der Waals surface area contributed by atoms with Crippen LogP contribution in [0, 0.1) is 5.41 Å². The Hall–Kier alpha value is -1.50. The highest BCUT2D eigenvalue weighted by Crippen LogP contribution is 2.43. The van der Waals surface area contributed by atoms with E-state index in [1.165, 1.54) is 24.9 Å². The quantitative estimate of drug-likeness (QED) is 0.499. The number of nitrogens with one attached hydrogen (secondary N) is 2. The maximum Gasteiger partial charge on any atom is 0.191 e. The van der Waals surface area contributed by atoms with Crippen molar-refractivity contribution in [3.8, 4) is 0 Å². The van der Waals surface area contributed by atoms with Crippen LogP contribution in [-0.2, 0) is 11.3 Å². The molecule has 6 nitrogen and oxygen atoms in total. The van der Waals surface area contributed by atoms with Crippen molar-refractivity contribution in [3.05, 3.63) is 28.8 Å². The summed E-state index contributed by atoms with van der Waals surface area (Å²) < 4.78 is 5.31. The number of anilines is 1. The van der Waals surface area contributed by atoms with Crippen molar-refractivity contribution in [3.63, 3.8) is 0 Å². The molecule has 1 saturated heterocycles. The molecule has 1 aliphatic heterocycles. The molecule has 0 atom stereocenters. The molecule has 1 aromatic carbocycles. The Kier molecular flexibility index (Phi) is 8.04. The molecule has 1 aromatic rings. The Morgan fingerprint density at radius 3 is 2.59 bits per heavy atom. The van der Waals surface area contributed by atoms with Crippen LogP contribution in [0.2, 0.25) is 5.02 Å². The predicted molar refractivity (Wildman–Crippen MR) is 122 cm³/mol. The lowest BCUT2D eigenvalue weighted by Gasteiger charge is -2.42. The third-order valence-corrected chi connectivity index (χ3v) is 6.83. The van der Waals surface area contributed by atoms with Gasteiger partial charge in [0.25, 0.3) is 0 Å². The average molecular weight is 422 g/mol. The van der Waals surface area contributed by atoms with Gasteiger partial charge in [0.05, 0.1) is 0 Å². The molecular formula is C22H36ClN5O. The first-order valence-corrected chi connectivity index (χ1v) is 11.1. The van der Waals surface area contributed by atoms with Gasteiger partial charge in [-0.3, -0.25) is 4.99 Å². The molecule has 2 fully saturated rings. The summed E-state index contributed by atoms with van der Waals surface area (Å²) >= 11 is 6.59. The number of halogens is 1. The number of rotatable bonds is 8. The van der Waals surface area contributed by atoms with E-state index in [9.17, 15) is 0 Å². The summed E-state index contributed by atoms with van der Waals surface area (Å²) in [6, 6.07) is 6.20. The van der Waals surface area contributed by atoms with Crippen LogP contribution in [0.3, 0.4) is 0 Å². The molecule has 1 aliphatic carbocycles. The fourth-order valence-corrected chi connectivity index (χ4v) is 4.48. The number of nitrogens with zero attached hydrogens (tertiary/aromatic N) is 3. The first-order chi connectivity index (χ1) is 14.1. The SMILES string of the molecule is CN=C(NCc1c(Cl)cccc1N1CCN(C)CC1)NCC1(CCOC)CCC1. The molecule has 2 aliphatic rings. The Labute approximate surface area is 180 Å². The number of guanidine groups is 1. The predicted octanol–water partition coefficient (Wildman–Crippen LogP) is 2.96. The van der Waals surface area contributed by atoms with Gasteiger partial charge >= 0.3 is 0 Å². The van der Waals surface area contributed by atoms with Gasteiger partial charge < -0.3 is 25.2 Å². The van der Waals surface area contributed by atoms with Crippen molar-refractivity contribution < 1.29 is 4.74 Å². The number of hydrogen-bond acceptors (Lipinski definition) is 4. The van der Waals surface area contributed by atoms with Crippen LogP contribution in [0.4, 0.5) is 5.69 Å². The minimum absolute atomic E-state index is 0.350. The molecule has 162 valence electrons. The molecule has 0 bridgehead atoms. The van der Waals surface area contributed by atoms with Crippen LogP contribution in [0.5, 0.6) is 0 Å². The molecule has 0 radical (unpaired) electrons. The Morgan fingerprint density at radius 1 is 1.21 bits per heavy atom. The van der Waals surface area contributed by atoms with E-state index < -0.39 is 0 Å². The largest absolute Gasteiger partial charge is 0.385 e. The summed E-state index contributed by atoms with van der Waals surface area (Å²) in [6.07, 6.45) is 4.94. The molecule has 2 N–H and O–H groups in total. The molecule has 1 heterocycles. The fraction of sp³-hybridized carbons (Fsp3) is 0.682. The highest BCUT2D eigenvalue weighted by molar-refractivity contribution is 6.31. The summed E-state index contributed by atoms with van der Waals surface area (Å²) in [4.78, 5) is 9.23. The lowest BCUT2D eigenvalue weighted by Crippen LogP contribution is -2.47. The highest BCUT2D eigenvalue weighted by atomic mass is 35.5. The molecular weight excluding hydrogens is 386 g/mol. The van der Waals surface area contributed by atoms with Gasteiger partial charge in [0.1, 0.15) is 0 Å². The Bertz CT molecular complexity index is 684. The second kappa shape index (κ2) is 10.5. The first-order valence-electron chi connectivity index (χ1n) is 10.7. The third-order valence-electron chi connectivity index (χ3n) is 6.48. The van der Waals surface area contributed by atoms with Crippen molar-refractivity contribution >= 4 is 23.2 Å². The highest BCUT2D eigenvalue weighted by Gasteiger charge is 2.36. The lowest BCUT2D eigenvalue weighted by molar-refractivity contribution is 0.0732. The molecule has 0 spiro atoms. The van der Waals surface area contributed by atoms with Crippen LogP contribution in [0.25, 0.3) is 0 Å². The van der Waals surface area contributed by atoms with E-state index in [0.29, 0.717) is 12.0 Å². The van der Waals surface area contributed by atoms with Crippen molar-refractivity contribution in [2.24, 2.45) is 10.4 Å². The maximum atomic E-state index is 6.59. The van der Waals surface area contributed by atoms with E-state index in [0.717, 1.165) is 62.3 Å². The number of likely N-dealkylation sites (N-methyl/N-ethyl adjacent to an activating group) is 1. The number of benzene rings is 1. The van der Waals surface area contributed by atoms with E-state index in [4.69, 9.17) is 16.3 Å². The lowest BCUT2D eigenvalue weighted by atomic mass is 9.67. The topological polar surface area (TPSA) is 52.1 Å². The molecule has 0 amide bonds. The summed E-state index contributed by atoms with van der Waals surface area (Å²) in [6.45, 7) is 6.62. The summed E-state index contributed by atoms with van der Waals surface area (Å²) in [5, 5.41) is 7.82. The van der Waals surface area contributed by atoms with Crippen LogP contribution in [0.15, 0.2) is 23.2 Å². The second-order valence-electron chi connectivity index (χ2n) is 8.40. The number of piperazine rings is 1. The van der Waals surface area contributed by atoms with Crippen molar-refractivity contribution in [2.45, 2.75) is 32.2 Å². The maximum absolute atomic E-state index is 6.59. The summed E-state index contributed by atoms with van der Waals surface area (Å²) in [5.74, 6) is 0.831. The van der Waals surface area contributed by atoms with Crippen molar-refractivity contribution in [1.82, 2.24) is 15.5 Å². The van der Waals surface area contributed by atoms with Gasteiger partial charge in [0, 0.05) is 76.3 Å². The summed E-state index contributed by atoms with van der Waals surface area (Å²) in [7, 11) is 5.78. The van der Waals surface area contributed by atoms with Crippen molar-refractivity contribution in [1.29, 1.82) is 0 Å². The first kappa shape index (κ1) is 22.2. The Balaban J connectivity index is 1.59. The van der Waals surface area contributed by atoms with Crippen molar-refractivity contribution in [2.75, 3.05) is 65.4 Å². The van der Waals surface area contributed by atoms with Gasteiger partial charge in [-0.05, 0) is 43.9 Å². The van der Waals surface area contributed by atoms with E-state index in [2.05, 4.69) is 38.5 Å².